The summed E-state index contributed by atoms with van der Waals surface area (Å²) in [7, 11) is 1.70. The van der Waals surface area contributed by atoms with Crippen LogP contribution in [0.4, 0.5) is 5.69 Å². The maximum Gasteiger partial charge on any atom is 0.200 e. The molecule has 9 nitrogen and oxygen atoms in total. The van der Waals surface area contributed by atoms with Gasteiger partial charge in [0.2, 0.25) is 5.65 Å². The number of nitrogens with zero attached hydrogens (tertiary/aromatic N) is 7. The van der Waals surface area contributed by atoms with Crippen LogP contribution in [0.5, 0.6) is 0 Å². The van der Waals surface area contributed by atoms with Crippen molar-refractivity contribution in [1.82, 2.24) is 34.6 Å². The Morgan fingerprint density at radius 3 is 2.83 bits per heavy atom. The van der Waals surface area contributed by atoms with Gasteiger partial charge in [-0.1, -0.05) is 13.8 Å². The number of methoxy groups -OCH3 is 1. The van der Waals surface area contributed by atoms with E-state index >= 15 is 0 Å². The molecule has 0 aliphatic carbocycles. The molecule has 0 unspecified atom stereocenters. The molecule has 0 fully saturated rings. The van der Waals surface area contributed by atoms with Crippen molar-refractivity contribution in [2.45, 2.75) is 39.3 Å². The number of anilines is 1. The molecule has 3 rings (SSSR count). The third kappa shape index (κ3) is 3.51. The fourth-order valence-electron chi connectivity index (χ4n) is 2.41. The van der Waals surface area contributed by atoms with E-state index in [1.54, 1.807) is 24.3 Å². The maximum atomic E-state index is 5.09. The standard InChI is InChI=1S/C15H22N8O/c1-11(2)12-7-13(15-20-18-10-23(15)21-12)16-8-14-19-17-9-22(14)5-4-6-24-3/h7,9-11,16H,4-6,8H2,1-3H3. The molecule has 3 heterocycles. The van der Waals surface area contributed by atoms with E-state index in [1.807, 2.05) is 10.6 Å². The van der Waals surface area contributed by atoms with Gasteiger partial charge in [-0.25, -0.2) is 0 Å². The van der Waals surface area contributed by atoms with E-state index in [4.69, 9.17) is 4.74 Å². The zero-order chi connectivity index (χ0) is 16.9. The van der Waals surface area contributed by atoms with Crippen molar-refractivity contribution in [3.63, 3.8) is 0 Å². The van der Waals surface area contributed by atoms with Gasteiger partial charge in [0.1, 0.15) is 12.7 Å². The van der Waals surface area contributed by atoms with Crippen molar-refractivity contribution in [3.8, 4) is 0 Å². The van der Waals surface area contributed by atoms with Crippen molar-refractivity contribution < 1.29 is 4.74 Å². The predicted octanol–water partition coefficient (Wildman–Crippen LogP) is 1.49. The molecule has 24 heavy (non-hydrogen) atoms. The summed E-state index contributed by atoms with van der Waals surface area (Å²) in [6.45, 7) is 6.31. The summed E-state index contributed by atoms with van der Waals surface area (Å²) in [5, 5.41) is 24.2. The molecule has 0 saturated carbocycles. The highest BCUT2D eigenvalue weighted by molar-refractivity contribution is 5.66. The molecular formula is C15H22N8O. The number of nitrogens with one attached hydrogen (secondary N) is 1. The summed E-state index contributed by atoms with van der Waals surface area (Å²) in [4.78, 5) is 0. The highest BCUT2D eigenvalue weighted by atomic mass is 16.5. The number of fused-ring (bicyclic) bond motifs is 1. The Hall–Kier alpha value is -2.55. The first-order valence-electron chi connectivity index (χ1n) is 7.99. The van der Waals surface area contributed by atoms with Crippen LogP contribution in [0.2, 0.25) is 0 Å². The van der Waals surface area contributed by atoms with Crippen molar-refractivity contribution in [2.24, 2.45) is 0 Å². The normalized spacial score (nSPS) is 11.5. The fraction of sp³-hybridized carbons (Fsp3) is 0.533. The predicted molar refractivity (Wildman–Crippen MR) is 88.7 cm³/mol. The molecular weight excluding hydrogens is 308 g/mol. The molecule has 0 aromatic carbocycles. The van der Waals surface area contributed by atoms with Crippen molar-refractivity contribution in [3.05, 3.63) is 30.2 Å². The molecule has 0 aliphatic heterocycles. The Balaban J connectivity index is 1.76. The third-order valence-corrected chi connectivity index (χ3v) is 3.76. The maximum absolute atomic E-state index is 5.09. The molecule has 0 atom stereocenters. The Labute approximate surface area is 140 Å². The summed E-state index contributed by atoms with van der Waals surface area (Å²) in [6.07, 6.45) is 4.27. The van der Waals surface area contributed by atoms with Gasteiger partial charge in [0.05, 0.1) is 17.9 Å². The summed E-state index contributed by atoms with van der Waals surface area (Å²) < 4.78 is 8.81. The van der Waals surface area contributed by atoms with E-state index in [0.29, 0.717) is 24.7 Å². The van der Waals surface area contributed by atoms with Gasteiger partial charge in [-0.3, -0.25) is 0 Å². The summed E-state index contributed by atoms with van der Waals surface area (Å²) in [5.41, 5.74) is 2.56. The van der Waals surface area contributed by atoms with Crippen molar-refractivity contribution >= 4 is 11.3 Å². The zero-order valence-electron chi connectivity index (χ0n) is 14.2. The highest BCUT2D eigenvalue weighted by Crippen LogP contribution is 2.20. The molecule has 0 spiro atoms. The van der Waals surface area contributed by atoms with Gasteiger partial charge in [-0.15, -0.1) is 20.4 Å². The molecule has 3 aromatic heterocycles. The molecule has 0 amide bonds. The smallest absolute Gasteiger partial charge is 0.200 e. The average Bonchev–Trinajstić information content (AvgIpc) is 3.21. The molecule has 128 valence electrons. The van der Waals surface area contributed by atoms with Crippen molar-refractivity contribution in [2.75, 3.05) is 19.0 Å². The van der Waals surface area contributed by atoms with Crippen LogP contribution in [-0.2, 0) is 17.8 Å². The van der Waals surface area contributed by atoms with Gasteiger partial charge >= 0.3 is 0 Å². The van der Waals surface area contributed by atoms with Crippen molar-refractivity contribution in [1.29, 1.82) is 0 Å². The van der Waals surface area contributed by atoms with Crippen LogP contribution < -0.4 is 5.32 Å². The lowest BCUT2D eigenvalue weighted by Crippen LogP contribution is -2.11. The van der Waals surface area contributed by atoms with Crippen LogP contribution in [0.15, 0.2) is 18.7 Å². The van der Waals surface area contributed by atoms with Crippen LogP contribution in [0.1, 0.15) is 37.7 Å². The molecule has 0 saturated heterocycles. The SMILES string of the molecule is COCCCn1cnnc1CNc1cc(C(C)C)nn2cnnc12. The summed E-state index contributed by atoms with van der Waals surface area (Å²) in [5.74, 6) is 1.18. The van der Waals surface area contributed by atoms with E-state index < -0.39 is 0 Å². The molecule has 0 bridgehead atoms. The number of aryl methyl sites for hydroxylation is 1. The van der Waals surface area contributed by atoms with E-state index in [0.717, 1.165) is 30.2 Å². The van der Waals surface area contributed by atoms with Crippen LogP contribution in [0.25, 0.3) is 5.65 Å². The first-order chi connectivity index (χ1) is 11.7. The summed E-state index contributed by atoms with van der Waals surface area (Å²) >= 11 is 0. The molecule has 0 radical (unpaired) electrons. The minimum atomic E-state index is 0.315. The van der Waals surface area contributed by atoms with Gasteiger partial charge in [0.15, 0.2) is 5.82 Å². The third-order valence-electron chi connectivity index (χ3n) is 3.76. The number of ether oxygens (including phenoxy) is 1. The highest BCUT2D eigenvalue weighted by Gasteiger charge is 2.11. The molecule has 3 aromatic rings. The Morgan fingerprint density at radius 1 is 1.21 bits per heavy atom. The van der Waals surface area contributed by atoms with E-state index in [9.17, 15) is 0 Å². The lowest BCUT2D eigenvalue weighted by Gasteiger charge is -2.11. The van der Waals surface area contributed by atoms with E-state index in [2.05, 4.69) is 44.7 Å². The number of rotatable bonds is 8. The second-order valence-electron chi connectivity index (χ2n) is 5.88. The topological polar surface area (TPSA) is 95.0 Å². The Bertz CT molecular complexity index is 794. The Morgan fingerprint density at radius 2 is 2.04 bits per heavy atom. The number of hydrogen-bond acceptors (Lipinski definition) is 7. The van der Waals surface area contributed by atoms with Gasteiger partial charge in [0.25, 0.3) is 0 Å². The molecule has 9 heteroatoms. The van der Waals surface area contributed by atoms with Crippen LogP contribution >= 0.6 is 0 Å². The van der Waals surface area contributed by atoms with Crippen LogP contribution in [0, 0.1) is 0 Å². The van der Waals surface area contributed by atoms with Gasteiger partial charge < -0.3 is 14.6 Å². The molecule has 0 aliphatic rings. The largest absolute Gasteiger partial charge is 0.385 e. The quantitative estimate of drug-likeness (QED) is 0.625. The second-order valence-corrected chi connectivity index (χ2v) is 5.88. The van der Waals surface area contributed by atoms with E-state index in [1.165, 1.54) is 0 Å². The molecule has 1 N–H and O–H groups in total. The number of aromatic nitrogens is 7. The van der Waals surface area contributed by atoms with Gasteiger partial charge in [-0.05, 0) is 18.4 Å². The zero-order valence-corrected chi connectivity index (χ0v) is 14.2. The van der Waals surface area contributed by atoms with Gasteiger partial charge in [0, 0.05) is 20.3 Å². The second kappa shape index (κ2) is 7.35. The minimum Gasteiger partial charge on any atom is -0.385 e. The first-order valence-corrected chi connectivity index (χ1v) is 7.99. The van der Waals surface area contributed by atoms with Crippen LogP contribution in [-0.4, -0.2) is 48.3 Å². The lowest BCUT2D eigenvalue weighted by atomic mass is 10.1. The fourth-order valence-corrected chi connectivity index (χ4v) is 2.41. The van der Waals surface area contributed by atoms with E-state index in [-0.39, 0.29) is 0 Å². The lowest BCUT2D eigenvalue weighted by molar-refractivity contribution is 0.190. The minimum absolute atomic E-state index is 0.315. The Kier molecular flexibility index (Phi) is 4.99. The monoisotopic (exact) mass is 330 g/mol. The van der Waals surface area contributed by atoms with Gasteiger partial charge in [-0.2, -0.15) is 9.61 Å². The average molecular weight is 330 g/mol. The number of hydrogen-bond donors (Lipinski definition) is 1. The first kappa shape index (κ1) is 16.3. The summed E-state index contributed by atoms with van der Waals surface area (Å²) in [6, 6.07) is 2.01. The van der Waals surface area contributed by atoms with Crippen LogP contribution in [0.3, 0.4) is 0 Å².